The van der Waals surface area contributed by atoms with Gasteiger partial charge in [0.25, 0.3) is 0 Å². The van der Waals surface area contributed by atoms with Crippen LogP contribution in [-0.2, 0) is 11.3 Å². The van der Waals surface area contributed by atoms with Gasteiger partial charge in [-0.2, -0.15) is 0 Å². The maximum absolute atomic E-state index is 5.89. The maximum atomic E-state index is 5.89. The van der Waals surface area contributed by atoms with Gasteiger partial charge in [0.05, 0.1) is 12.7 Å². The zero-order valence-electron chi connectivity index (χ0n) is 17.2. The first-order valence-electron chi connectivity index (χ1n) is 9.38. The van der Waals surface area contributed by atoms with E-state index in [1.54, 1.807) is 7.05 Å². The molecule has 2 N–H and O–H groups in total. The fourth-order valence-corrected chi connectivity index (χ4v) is 3.02. The van der Waals surface area contributed by atoms with Gasteiger partial charge < -0.3 is 20.3 Å². The van der Waals surface area contributed by atoms with Crippen LogP contribution in [0.25, 0.3) is 0 Å². The van der Waals surface area contributed by atoms with Gasteiger partial charge in [-0.15, -0.1) is 24.0 Å². The molecule has 154 valence electrons. The topological polar surface area (TPSA) is 65.0 Å². The van der Waals surface area contributed by atoms with Crippen LogP contribution in [-0.4, -0.2) is 75.9 Å². The lowest BCUT2D eigenvalue weighted by molar-refractivity contribution is -0.0284. The number of anilines is 1. The molecule has 2 heterocycles. The van der Waals surface area contributed by atoms with E-state index in [0.29, 0.717) is 12.5 Å². The number of aromatic nitrogens is 1. The van der Waals surface area contributed by atoms with Crippen molar-refractivity contribution in [2.75, 3.05) is 58.8 Å². The Hall–Kier alpha value is -1.13. The molecule has 1 aromatic rings. The molecule has 0 amide bonds. The standard InChI is InChI=1S/C19H34N6O.HI/c1-15(2)13-25-8-9-26-17(14-25)12-23-19(20-3)22-11-16-6-7-21-18(10-16)24(4)5;/h6-7,10,15,17H,8-9,11-14H2,1-5H3,(H2,20,22,23);1H. The van der Waals surface area contributed by atoms with Crippen LogP contribution in [0.2, 0.25) is 0 Å². The van der Waals surface area contributed by atoms with Crippen molar-refractivity contribution < 1.29 is 4.74 Å². The molecule has 1 atom stereocenters. The fraction of sp³-hybridized carbons (Fsp3) is 0.684. The molecule has 1 aliphatic heterocycles. The van der Waals surface area contributed by atoms with Gasteiger partial charge in [-0.3, -0.25) is 9.89 Å². The van der Waals surface area contributed by atoms with Crippen molar-refractivity contribution in [1.82, 2.24) is 20.5 Å². The van der Waals surface area contributed by atoms with E-state index in [4.69, 9.17) is 4.74 Å². The molecular formula is C19H35IN6O. The minimum absolute atomic E-state index is 0. The second-order valence-electron chi connectivity index (χ2n) is 7.37. The van der Waals surface area contributed by atoms with Crippen LogP contribution in [0.3, 0.4) is 0 Å². The quantitative estimate of drug-likeness (QED) is 0.345. The number of hydrogen-bond acceptors (Lipinski definition) is 5. The summed E-state index contributed by atoms with van der Waals surface area (Å²) in [6.07, 6.45) is 2.03. The molecule has 1 aromatic heterocycles. The summed E-state index contributed by atoms with van der Waals surface area (Å²) in [5, 5.41) is 6.74. The lowest BCUT2D eigenvalue weighted by Gasteiger charge is -2.34. The maximum Gasteiger partial charge on any atom is 0.191 e. The first kappa shape index (κ1) is 23.9. The first-order valence-corrected chi connectivity index (χ1v) is 9.38. The normalized spacial score (nSPS) is 18.1. The van der Waals surface area contributed by atoms with Crippen LogP contribution < -0.4 is 15.5 Å². The van der Waals surface area contributed by atoms with E-state index in [-0.39, 0.29) is 30.1 Å². The molecule has 27 heavy (non-hydrogen) atoms. The second kappa shape index (κ2) is 12.4. The van der Waals surface area contributed by atoms with Gasteiger partial charge in [0, 0.05) is 60.1 Å². The Morgan fingerprint density at radius 2 is 2.19 bits per heavy atom. The minimum atomic E-state index is 0. The van der Waals surface area contributed by atoms with Crippen molar-refractivity contribution in [3.63, 3.8) is 0 Å². The van der Waals surface area contributed by atoms with Gasteiger partial charge in [0.15, 0.2) is 5.96 Å². The molecule has 1 fully saturated rings. The van der Waals surface area contributed by atoms with Crippen molar-refractivity contribution in [1.29, 1.82) is 0 Å². The summed E-state index contributed by atoms with van der Waals surface area (Å²) in [6.45, 7) is 9.90. The number of guanidine groups is 1. The second-order valence-corrected chi connectivity index (χ2v) is 7.37. The molecule has 0 aliphatic carbocycles. The van der Waals surface area contributed by atoms with Crippen LogP contribution in [0.4, 0.5) is 5.82 Å². The molecule has 8 heteroatoms. The number of nitrogens with one attached hydrogen (secondary N) is 2. The lowest BCUT2D eigenvalue weighted by atomic mass is 10.2. The molecule has 1 aliphatic rings. The number of pyridine rings is 1. The number of aliphatic imine (C=N–C) groups is 1. The lowest BCUT2D eigenvalue weighted by Crippen LogP contribution is -2.50. The third-order valence-corrected chi connectivity index (χ3v) is 4.30. The van der Waals surface area contributed by atoms with Crippen LogP contribution in [0, 0.1) is 5.92 Å². The van der Waals surface area contributed by atoms with Crippen molar-refractivity contribution in [3.8, 4) is 0 Å². The molecule has 0 spiro atoms. The van der Waals surface area contributed by atoms with E-state index in [2.05, 4.69) is 45.4 Å². The molecule has 1 unspecified atom stereocenters. The number of halogens is 1. The van der Waals surface area contributed by atoms with E-state index in [1.165, 1.54) is 5.56 Å². The Labute approximate surface area is 181 Å². The SMILES string of the molecule is CN=C(NCc1ccnc(N(C)C)c1)NCC1CN(CC(C)C)CCO1.I. The zero-order chi connectivity index (χ0) is 18.9. The summed E-state index contributed by atoms with van der Waals surface area (Å²) in [6, 6.07) is 4.09. The summed E-state index contributed by atoms with van der Waals surface area (Å²) in [7, 11) is 5.78. The highest BCUT2D eigenvalue weighted by Gasteiger charge is 2.21. The third kappa shape index (κ3) is 8.61. The van der Waals surface area contributed by atoms with Crippen LogP contribution in [0.5, 0.6) is 0 Å². The summed E-state index contributed by atoms with van der Waals surface area (Å²) >= 11 is 0. The zero-order valence-corrected chi connectivity index (χ0v) is 19.6. The molecule has 0 radical (unpaired) electrons. The van der Waals surface area contributed by atoms with E-state index in [9.17, 15) is 0 Å². The molecule has 7 nitrogen and oxygen atoms in total. The Bertz CT molecular complexity index is 581. The van der Waals surface area contributed by atoms with Crippen molar-refractivity contribution in [3.05, 3.63) is 23.9 Å². The van der Waals surface area contributed by atoms with E-state index in [1.807, 2.05) is 31.3 Å². The van der Waals surface area contributed by atoms with Gasteiger partial charge in [0.2, 0.25) is 0 Å². The Morgan fingerprint density at radius 3 is 2.85 bits per heavy atom. The number of hydrogen-bond donors (Lipinski definition) is 2. The Balaban J connectivity index is 0.00000364. The Kier molecular flexibility index (Phi) is 10.9. The largest absolute Gasteiger partial charge is 0.374 e. The van der Waals surface area contributed by atoms with Crippen molar-refractivity contribution in [2.45, 2.75) is 26.5 Å². The minimum Gasteiger partial charge on any atom is -0.374 e. The monoisotopic (exact) mass is 490 g/mol. The van der Waals surface area contributed by atoms with E-state index >= 15 is 0 Å². The molecular weight excluding hydrogens is 455 g/mol. The van der Waals surface area contributed by atoms with Gasteiger partial charge in [-0.1, -0.05) is 13.8 Å². The average Bonchev–Trinajstić information content (AvgIpc) is 2.62. The highest BCUT2D eigenvalue weighted by Crippen LogP contribution is 2.09. The van der Waals surface area contributed by atoms with E-state index < -0.39 is 0 Å². The first-order chi connectivity index (χ1) is 12.5. The number of nitrogens with zero attached hydrogens (tertiary/aromatic N) is 4. The van der Waals surface area contributed by atoms with Crippen molar-refractivity contribution in [2.24, 2.45) is 10.9 Å². The molecule has 0 aromatic carbocycles. The Morgan fingerprint density at radius 1 is 1.41 bits per heavy atom. The summed E-state index contributed by atoms with van der Waals surface area (Å²) in [5.74, 6) is 2.43. The number of rotatable bonds is 7. The van der Waals surface area contributed by atoms with Gasteiger partial charge in [-0.25, -0.2) is 4.98 Å². The summed E-state index contributed by atoms with van der Waals surface area (Å²) in [5.41, 5.74) is 1.17. The average molecular weight is 490 g/mol. The highest BCUT2D eigenvalue weighted by atomic mass is 127. The predicted octanol–water partition coefficient (Wildman–Crippen LogP) is 1.79. The van der Waals surface area contributed by atoms with Crippen molar-refractivity contribution >= 4 is 35.8 Å². The van der Waals surface area contributed by atoms with Crippen LogP contribution >= 0.6 is 24.0 Å². The summed E-state index contributed by atoms with van der Waals surface area (Å²) < 4.78 is 5.89. The number of ether oxygens (including phenoxy) is 1. The van der Waals surface area contributed by atoms with Crippen LogP contribution in [0.15, 0.2) is 23.3 Å². The molecule has 1 saturated heterocycles. The van der Waals surface area contributed by atoms with Gasteiger partial charge in [0.1, 0.15) is 5.82 Å². The van der Waals surface area contributed by atoms with Gasteiger partial charge >= 0.3 is 0 Å². The highest BCUT2D eigenvalue weighted by molar-refractivity contribution is 14.0. The van der Waals surface area contributed by atoms with Gasteiger partial charge in [-0.05, 0) is 23.6 Å². The third-order valence-electron chi connectivity index (χ3n) is 4.30. The molecule has 0 bridgehead atoms. The predicted molar refractivity (Wildman–Crippen MR) is 123 cm³/mol. The molecule has 0 saturated carbocycles. The summed E-state index contributed by atoms with van der Waals surface area (Å²) in [4.78, 5) is 13.1. The van der Waals surface area contributed by atoms with Crippen LogP contribution in [0.1, 0.15) is 19.4 Å². The molecule has 2 rings (SSSR count). The fourth-order valence-electron chi connectivity index (χ4n) is 3.02. The van der Waals surface area contributed by atoms with E-state index in [0.717, 1.165) is 44.6 Å². The smallest absolute Gasteiger partial charge is 0.191 e. The number of morpholine rings is 1.